The van der Waals surface area contributed by atoms with E-state index in [0.717, 1.165) is 10.9 Å². The van der Waals surface area contributed by atoms with Crippen molar-refractivity contribution >= 4 is 33.4 Å². The van der Waals surface area contributed by atoms with Gasteiger partial charge in [-0.2, -0.15) is 0 Å². The summed E-state index contributed by atoms with van der Waals surface area (Å²) in [5.41, 5.74) is 2.71. The van der Waals surface area contributed by atoms with Crippen molar-refractivity contribution in [1.29, 1.82) is 0 Å². The van der Waals surface area contributed by atoms with E-state index in [9.17, 15) is 4.79 Å². The minimum atomic E-state index is -0.187. The van der Waals surface area contributed by atoms with Crippen molar-refractivity contribution in [2.45, 2.75) is 11.9 Å². The number of carbonyl (C=O) groups is 1. The number of benzene rings is 2. The van der Waals surface area contributed by atoms with Crippen LogP contribution in [0.2, 0.25) is 5.02 Å². The van der Waals surface area contributed by atoms with Crippen LogP contribution in [0.1, 0.15) is 21.5 Å². The largest absolute Gasteiger partial charge is 0.496 e. The van der Waals surface area contributed by atoms with Gasteiger partial charge in [0.05, 0.1) is 12.7 Å². The fourth-order valence-electron chi connectivity index (χ4n) is 1.88. The van der Waals surface area contributed by atoms with E-state index in [4.69, 9.17) is 16.3 Å². The van der Waals surface area contributed by atoms with Gasteiger partial charge in [0.2, 0.25) is 0 Å². The number of hydrogen-bond donors (Lipinski definition) is 1. The molecule has 2 rings (SSSR count). The molecule has 0 heterocycles. The molecule has 3 nitrogen and oxygen atoms in total. The molecule has 5 heteroatoms. The first-order valence-electron chi connectivity index (χ1n) is 6.39. The molecule has 2 aromatic carbocycles. The van der Waals surface area contributed by atoms with E-state index in [1.54, 1.807) is 18.2 Å². The second-order valence-corrected chi connectivity index (χ2v) is 5.47. The Kier molecular flexibility index (Phi) is 5.65. The molecule has 21 heavy (non-hydrogen) atoms. The summed E-state index contributed by atoms with van der Waals surface area (Å²) >= 11 is 9.29. The van der Waals surface area contributed by atoms with Crippen LogP contribution >= 0.6 is 27.5 Å². The molecule has 0 radical (unpaired) electrons. The molecule has 0 fully saturated rings. The summed E-state index contributed by atoms with van der Waals surface area (Å²) in [6, 6.07) is 13.0. The van der Waals surface area contributed by atoms with Gasteiger partial charge in [0.1, 0.15) is 5.75 Å². The number of nitrogens with one attached hydrogen (secondary N) is 1. The van der Waals surface area contributed by atoms with Gasteiger partial charge in [0, 0.05) is 16.9 Å². The van der Waals surface area contributed by atoms with Crippen molar-refractivity contribution in [2.75, 3.05) is 7.11 Å². The summed E-state index contributed by atoms with van der Waals surface area (Å²) in [4.78, 5) is 12.2. The predicted octanol–water partition coefficient (Wildman–Crippen LogP) is 4.17. The van der Waals surface area contributed by atoms with Gasteiger partial charge in [-0.25, -0.2) is 0 Å². The van der Waals surface area contributed by atoms with Crippen molar-refractivity contribution < 1.29 is 9.53 Å². The van der Waals surface area contributed by atoms with Gasteiger partial charge < -0.3 is 10.1 Å². The van der Waals surface area contributed by atoms with Crippen molar-refractivity contribution in [2.24, 2.45) is 0 Å². The summed E-state index contributed by atoms with van der Waals surface area (Å²) < 4.78 is 5.18. The second kappa shape index (κ2) is 7.48. The van der Waals surface area contributed by atoms with Crippen LogP contribution in [-0.4, -0.2) is 13.0 Å². The average molecular weight is 369 g/mol. The van der Waals surface area contributed by atoms with E-state index < -0.39 is 0 Å². The lowest BCUT2D eigenvalue weighted by molar-refractivity contribution is 0.0948. The Labute approximate surface area is 137 Å². The zero-order chi connectivity index (χ0) is 15.2. The number of alkyl halides is 1. The molecule has 0 bridgehead atoms. The molecule has 0 aliphatic heterocycles. The van der Waals surface area contributed by atoms with Gasteiger partial charge in [-0.05, 0) is 29.3 Å². The zero-order valence-electron chi connectivity index (χ0n) is 11.5. The first kappa shape index (κ1) is 15.9. The van der Waals surface area contributed by atoms with Crippen LogP contribution in [0, 0.1) is 0 Å². The topological polar surface area (TPSA) is 38.3 Å². The Morgan fingerprint density at radius 2 is 1.86 bits per heavy atom. The second-order valence-electron chi connectivity index (χ2n) is 4.48. The molecule has 1 N–H and O–H groups in total. The summed E-state index contributed by atoms with van der Waals surface area (Å²) in [5.74, 6) is 0.280. The molecule has 0 aliphatic carbocycles. The molecule has 110 valence electrons. The molecule has 0 aromatic heterocycles. The number of carbonyl (C=O) groups excluding carboxylic acids is 1. The lowest BCUT2D eigenvalue weighted by Crippen LogP contribution is -2.23. The standard InChI is InChI=1S/C16H15BrClNO2/c1-21-15-8-13(18)6-7-14(15)16(20)19-10-12-4-2-11(9-17)3-5-12/h2-8H,9-10H2,1H3,(H,19,20). The van der Waals surface area contributed by atoms with Gasteiger partial charge in [-0.1, -0.05) is 51.8 Å². The van der Waals surface area contributed by atoms with Crippen LogP contribution in [0.5, 0.6) is 5.75 Å². The average Bonchev–Trinajstić information content (AvgIpc) is 2.52. The van der Waals surface area contributed by atoms with Crippen molar-refractivity contribution in [3.05, 3.63) is 64.2 Å². The van der Waals surface area contributed by atoms with E-state index in [1.165, 1.54) is 12.7 Å². The first-order valence-corrected chi connectivity index (χ1v) is 7.89. The summed E-state index contributed by atoms with van der Waals surface area (Å²) in [5, 5.41) is 4.23. The van der Waals surface area contributed by atoms with Crippen LogP contribution in [-0.2, 0) is 11.9 Å². The Morgan fingerprint density at radius 3 is 2.48 bits per heavy atom. The normalized spacial score (nSPS) is 10.2. The highest BCUT2D eigenvalue weighted by Gasteiger charge is 2.12. The number of methoxy groups -OCH3 is 1. The predicted molar refractivity (Wildman–Crippen MR) is 88.2 cm³/mol. The number of hydrogen-bond acceptors (Lipinski definition) is 2. The minimum absolute atomic E-state index is 0.187. The van der Waals surface area contributed by atoms with Crippen LogP contribution < -0.4 is 10.1 Å². The fraction of sp³-hybridized carbons (Fsp3) is 0.188. The minimum Gasteiger partial charge on any atom is -0.496 e. The van der Waals surface area contributed by atoms with Gasteiger partial charge in [-0.3, -0.25) is 4.79 Å². The summed E-state index contributed by atoms with van der Waals surface area (Å²) in [7, 11) is 1.52. The maximum Gasteiger partial charge on any atom is 0.255 e. The maximum absolute atomic E-state index is 12.2. The molecule has 2 aromatic rings. The van der Waals surface area contributed by atoms with Crippen LogP contribution in [0.25, 0.3) is 0 Å². The highest BCUT2D eigenvalue weighted by molar-refractivity contribution is 9.08. The molecule has 0 aliphatic rings. The van der Waals surface area contributed by atoms with Crippen LogP contribution in [0.3, 0.4) is 0 Å². The lowest BCUT2D eigenvalue weighted by Gasteiger charge is -2.10. The smallest absolute Gasteiger partial charge is 0.255 e. The van der Waals surface area contributed by atoms with Crippen molar-refractivity contribution in [3.8, 4) is 5.75 Å². The third kappa shape index (κ3) is 4.22. The third-order valence-electron chi connectivity index (χ3n) is 3.04. The zero-order valence-corrected chi connectivity index (χ0v) is 13.9. The monoisotopic (exact) mass is 367 g/mol. The Balaban J connectivity index is 2.04. The van der Waals surface area contributed by atoms with E-state index in [-0.39, 0.29) is 5.91 Å². The highest BCUT2D eigenvalue weighted by atomic mass is 79.9. The number of rotatable bonds is 5. The van der Waals surface area contributed by atoms with E-state index in [0.29, 0.717) is 22.9 Å². The Hall–Kier alpha value is -1.52. The van der Waals surface area contributed by atoms with E-state index in [2.05, 4.69) is 21.2 Å². The van der Waals surface area contributed by atoms with Crippen molar-refractivity contribution in [1.82, 2.24) is 5.32 Å². The quantitative estimate of drug-likeness (QED) is 0.804. The van der Waals surface area contributed by atoms with E-state index in [1.807, 2.05) is 24.3 Å². The third-order valence-corrected chi connectivity index (χ3v) is 3.92. The molecule has 0 unspecified atom stereocenters. The molecule has 1 amide bonds. The first-order chi connectivity index (χ1) is 10.1. The van der Waals surface area contributed by atoms with Gasteiger partial charge in [0.25, 0.3) is 5.91 Å². The van der Waals surface area contributed by atoms with Crippen LogP contribution in [0.4, 0.5) is 0 Å². The Morgan fingerprint density at radius 1 is 1.19 bits per heavy atom. The molecule has 0 saturated heterocycles. The molecule has 0 atom stereocenters. The number of ether oxygens (including phenoxy) is 1. The fourth-order valence-corrected chi connectivity index (χ4v) is 2.41. The molecule has 0 saturated carbocycles. The molecular formula is C16H15BrClNO2. The maximum atomic E-state index is 12.2. The summed E-state index contributed by atoms with van der Waals surface area (Å²) in [6.45, 7) is 0.465. The molecular weight excluding hydrogens is 354 g/mol. The van der Waals surface area contributed by atoms with Gasteiger partial charge in [0.15, 0.2) is 0 Å². The van der Waals surface area contributed by atoms with Gasteiger partial charge >= 0.3 is 0 Å². The SMILES string of the molecule is COc1cc(Cl)ccc1C(=O)NCc1ccc(CBr)cc1. The van der Waals surface area contributed by atoms with E-state index >= 15 is 0 Å². The lowest BCUT2D eigenvalue weighted by atomic mass is 10.1. The Bertz CT molecular complexity index is 629. The summed E-state index contributed by atoms with van der Waals surface area (Å²) in [6.07, 6.45) is 0. The van der Waals surface area contributed by atoms with Crippen molar-refractivity contribution in [3.63, 3.8) is 0 Å². The van der Waals surface area contributed by atoms with Gasteiger partial charge in [-0.15, -0.1) is 0 Å². The molecule has 0 spiro atoms. The number of halogens is 2. The highest BCUT2D eigenvalue weighted by Crippen LogP contribution is 2.23. The number of amides is 1. The van der Waals surface area contributed by atoms with Crippen LogP contribution in [0.15, 0.2) is 42.5 Å².